The van der Waals surface area contributed by atoms with E-state index in [9.17, 15) is 9.50 Å². The Morgan fingerprint density at radius 3 is 2.76 bits per heavy atom. The first-order valence-electron chi connectivity index (χ1n) is 6.22. The quantitative estimate of drug-likeness (QED) is 0.846. The standard InChI is InChI=1S/C14H20FNO/c1-10-6-12(15)8-13(7-10)16-14(9-17)5-3-4-11(14)2/h6-8,11,16-17H,3-5,9H2,1-2H3. The van der Waals surface area contributed by atoms with E-state index in [1.807, 2.05) is 13.0 Å². The average Bonchev–Trinajstić information content (AvgIpc) is 2.59. The molecule has 2 nitrogen and oxygen atoms in total. The summed E-state index contributed by atoms with van der Waals surface area (Å²) in [7, 11) is 0. The number of aryl methyl sites for hydroxylation is 1. The lowest BCUT2D eigenvalue weighted by Gasteiger charge is -2.34. The van der Waals surface area contributed by atoms with Crippen molar-refractivity contribution in [3.63, 3.8) is 0 Å². The average molecular weight is 237 g/mol. The highest BCUT2D eigenvalue weighted by molar-refractivity contribution is 5.48. The molecule has 0 aliphatic heterocycles. The van der Waals surface area contributed by atoms with E-state index in [2.05, 4.69) is 12.2 Å². The van der Waals surface area contributed by atoms with Gasteiger partial charge in [-0.3, -0.25) is 0 Å². The van der Waals surface area contributed by atoms with Gasteiger partial charge in [0.15, 0.2) is 0 Å². The molecule has 1 aromatic carbocycles. The number of aliphatic hydroxyl groups is 1. The van der Waals surface area contributed by atoms with Gasteiger partial charge in [0, 0.05) is 5.69 Å². The summed E-state index contributed by atoms with van der Waals surface area (Å²) < 4.78 is 13.3. The fourth-order valence-electron chi connectivity index (χ4n) is 2.80. The largest absolute Gasteiger partial charge is 0.394 e. The second kappa shape index (κ2) is 4.65. The second-order valence-electron chi connectivity index (χ2n) is 5.25. The van der Waals surface area contributed by atoms with Crippen LogP contribution < -0.4 is 5.32 Å². The molecule has 1 fully saturated rings. The van der Waals surface area contributed by atoms with E-state index in [0.717, 1.165) is 30.5 Å². The number of hydrogen-bond acceptors (Lipinski definition) is 2. The predicted molar refractivity (Wildman–Crippen MR) is 67.6 cm³/mol. The highest BCUT2D eigenvalue weighted by Gasteiger charge is 2.39. The second-order valence-corrected chi connectivity index (χ2v) is 5.25. The predicted octanol–water partition coefficient (Wildman–Crippen LogP) is 3.10. The first-order chi connectivity index (χ1) is 8.05. The highest BCUT2D eigenvalue weighted by atomic mass is 19.1. The number of aliphatic hydroxyl groups excluding tert-OH is 1. The van der Waals surface area contributed by atoms with Gasteiger partial charge in [-0.15, -0.1) is 0 Å². The molecule has 0 amide bonds. The molecule has 0 heterocycles. The molecule has 1 saturated carbocycles. The van der Waals surface area contributed by atoms with Crippen molar-refractivity contribution in [3.05, 3.63) is 29.6 Å². The summed E-state index contributed by atoms with van der Waals surface area (Å²) in [4.78, 5) is 0. The summed E-state index contributed by atoms with van der Waals surface area (Å²) in [5, 5.41) is 13.0. The van der Waals surface area contributed by atoms with Gasteiger partial charge in [-0.2, -0.15) is 0 Å². The number of benzene rings is 1. The maximum Gasteiger partial charge on any atom is 0.125 e. The van der Waals surface area contributed by atoms with Gasteiger partial charge in [-0.1, -0.05) is 13.3 Å². The molecule has 0 radical (unpaired) electrons. The lowest BCUT2D eigenvalue weighted by molar-refractivity contribution is 0.184. The molecule has 0 aromatic heterocycles. The third-order valence-electron chi connectivity index (χ3n) is 3.92. The molecule has 0 saturated heterocycles. The Morgan fingerprint density at radius 2 is 2.24 bits per heavy atom. The van der Waals surface area contributed by atoms with Gasteiger partial charge < -0.3 is 10.4 Å². The van der Waals surface area contributed by atoms with Gasteiger partial charge in [-0.05, 0) is 49.4 Å². The van der Waals surface area contributed by atoms with Gasteiger partial charge in [-0.25, -0.2) is 4.39 Å². The number of hydrogen-bond donors (Lipinski definition) is 2. The summed E-state index contributed by atoms with van der Waals surface area (Å²) in [5.41, 5.74) is 1.39. The molecular weight excluding hydrogens is 217 g/mol. The third kappa shape index (κ3) is 2.44. The van der Waals surface area contributed by atoms with Crippen molar-refractivity contribution in [1.29, 1.82) is 0 Å². The van der Waals surface area contributed by atoms with E-state index >= 15 is 0 Å². The van der Waals surface area contributed by atoms with Crippen LogP contribution in [0.4, 0.5) is 10.1 Å². The number of rotatable bonds is 3. The van der Waals surface area contributed by atoms with Crippen LogP contribution in [-0.2, 0) is 0 Å². The molecule has 2 unspecified atom stereocenters. The molecule has 3 heteroatoms. The summed E-state index contributed by atoms with van der Waals surface area (Å²) in [5.74, 6) is 0.183. The minimum atomic E-state index is -0.278. The molecule has 2 N–H and O–H groups in total. The zero-order valence-electron chi connectivity index (χ0n) is 10.5. The van der Waals surface area contributed by atoms with E-state index in [1.165, 1.54) is 12.1 Å². The van der Waals surface area contributed by atoms with Gasteiger partial charge in [0.05, 0.1) is 12.1 Å². The van der Waals surface area contributed by atoms with Crippen molar-refractivity contribution >= 4 is 5.69 Å². The van der Waals surface area contributed by atoms with Crippen LogP contribution >= 0.6 is 0 Å². The Labute approximate surface area is 102 Å². The van der Waals surface area contributed by atoms with Crippen molar-refractivity contribution in [3.8, 4) is 0 Å². The minimum Gasteiger partial charge on any atom is -0.394 e. The molecule has 1 aliphatic carbocycles. The summed E-state index contributed by atoms with van der Waals surface area (Å²) >= 11 is 0. The third-order valence-corrected chi connectivity index (χ3v) is 3.92. The monoisotopic (exact) mass is 237 g/mol. The molecule has 2 atom stereocenters. The van der Waals surface area contributed by atoms with Crippen LogP contribution in [0.3, 0.4) is 0 Å². The summed E-state index contributed by atoms with van der Waals surface area (Å²) in [6.45, 7) is 4.12. The van der Waals surface area contributed by atoms with Crippen LogP contribution in [0, 0.1) is 18.7 Å². The van der Waals surface area contributed by atoms with Gasteiger partial charge in [0.25, 0.3) is 0 Å². The Kier molecular flexibility index (Phi) is 3.38. The van der Waals surface area contributed by atoms with Gasteiger partial charge in [0.2, 0.25) is 0 Å². The fraction of sp³-hybridized carbons (Fsp3) is 0.571. The zero-order valence-corrected chi connectivity index (χ0v) is 10.5. The van der Waals surface area contributed by atoms with E-state index in [0.29, 0.717) is 5.92 Å². The first-order valence-corrected chi connectivity index (χ1v) is 6.22. The summed E-state index contributed by atoms with van der Waals surface area (Å²) in [6.07, 6.45) is 3.17. The van der Waals surface area contributed by atoms with Crippen molar-refractivity contribution in [2.45, 2.75) is 38.6 Å². The first kappa shape index (κ1) is 12.4. The lowest BCUT2D eigenvalue weighted by atomic mass is 9.89. The zero-order chi connectivity index (χ0) is 12.5. The molecule has 1 aliphatic rings. The Bertz CT molecular complexity index is 387. The molecular formula is C14H20FNO. The van der Waals surface area contributed by atoms with E-state index in [-0.39, 0.29) is 18.0 Å². The smallest absolute Gasteiger partial charge is 0.125 e. The van der Waals surface area contributed by atoms with Gasteiger partial charge >= 0.3 is 0 Å². The van der Waals surface area contributed by atoms with E-state index in [1.54, 1.807) is 0 Å². The van der Waals surface area contributed by atoms with Crippen LogP contribution in [0.5, 0.6) is 0 Å². The molecule has 1 aromatic rings. The van der Waals surface area contributed by atoms with Crippen LogP contribution in [0.15, 0.2) is 18.2 Å². The molecule has 0 bridgehead atoms. The molecule has 17 heavy (non-hydrogen) atoms. The normalized spacial score (nSPS) is 28.4. The maximum absolute atomic E-state index is 13.3. The van der Waals surface area contributed by atoms with Crippen molar-refractivity contribution in [2.24, 2.45) is 5.92 Å². The summed E-state index contributed by atoms with van der Waals surface area (Å²) in [6, 6.07) is 4.93. The Morgan fingerprint density at radius 1 is 1.47 bits per heavy atom. The molecule has 0 spiro atoms. The lowest BCUT2D eigenvalue weighted by Crippen LogP contribution is -2.44. The molecule has 94 valence electrons. The van der Waals surface area contributed by atoms with Crippen LogP contribution in [0.1, 0.15) is 31.7 Å². The fourth-order valence-corrected chi connectivity index (χ4v) is 2.80. The van der Waals surface area contributed by atoms with Crippen molar-refractivity contribution in [2.75, 3.05) is 11.9 Å². The van der Waals surface area contributed by atoms with Gasteiger partial charge in [0.1, 0.15) is 5.82 Å². The highest BCUT2D eigenvalue weighted by Crippen LogP contribution is 2.38. The Hall–Kier alpha value is -1.09. The number of nitrogens with one attached hydrogen (secondary N) is 1. The van der Waals surface area contributed by atoms with Crippen molar-refractivity contribution in [1.82, 2.24) is 0 Å². The van der Waals surface area contributed by atoms with Crippen LogP contribution in [0.25, 0.3) is 0 Å². The van der Waals surface area contributed by atoms with E-state index in [4.69, 9.17) is 0 Å². The van der Waals surface area contributed by atoms with Crippen LogP contribution in [-0.4, -0.2) is 17.3 Å². The van der Waals surface area contributed by atoms with Crippen molar-refractivity contribution < 1.29 is 9.50 Å². The SMILES string of the molecule is Cc1cc(F)cc(NC2(CO)CCCC2C)c1. The number of halogens is 1. The number of anilines is 1. The topological polar surface area (TPSA) is 32.3 Å². The maximum atomic E-state index is 13.3. The van der Waals surface area contributed by atoms with E-state index < -0.39 is 0 Å². The molecule has 2 rings (SSSR count). The van der Waals surface area contributed by atoms with Crippen LogP contribution in [0.2, 0.25) is 0 Å². The minimum absolute atomic E-state index is 0.101. The Balaban J connectivity index is 2.24.